The Kier molecular flexibility index (Phi) is 3.11. The summed E-state index contributed by atoms with van der Waals surface area (Å²) < 4.78 is 11.0. The van der Waals surface area contributed by atoms with Gasteiger partial charge in [-0.3, -0.25) is 4.98 Å². The molecule has 1 fully saturated rings. The van der Waals surface area contributed by atoms with E-state index in [-0.39, 0.29) is 0 Å². The zero-order chi connectivity index (χ0) is 11.5. The van der Waals surface area contributed by atoms with Crippen molar-refractivity contribution in [2.45, 2.75) is 19.0 Å². The zero-order valence-corrected chi connectivity index (χ0v) is 9.74. The highest BCUT2D eigenvalue weighted by Gasteiger charge is 2.15. The van der Waals surface area contributed by atoms with Gasteiger partial charge in [-0.15, -0.1) is 0 Å². The molecule has 17 heavy (non-hydrogen) atoms. The number of hydrogen-bond acceptors (Lipinski definition) is 5. The van der Waals surface area contributed by atoms with Gasteiger partial charge in [0.15, 0.2) is 11.5 Å². The van der Waals surface area contributed by atoms with Crippen LogP contribution >= 0.6 is 0 Å². The molecule has 2 N–H and O–H groups in total. The Hall–Kier alpha value is -1.33. The SMILES string of the molecule is c1nc(CN[C@@H]2CCNC2)cc2c1OCCO2. The van der Waals surface area contributed by atoms with Crippen LogP contribution in [0.15, 0.2) is 12.3 Å². The normalized spacial score (nSPS) is 22.7. The van der Waals surface area contributed by atoms with Crippen molar-refractivity contribution in [2.75, 3.05) is 26.3 Å². The van der Waals surface area contributed by atoms with E-state index in [4.69, 9.17) is 9.47 Å². The predicted octanol–water partition coefficient (Wildman–Crippen LogP) is 0.304. The summed E-state index contributed by atoms with van der Waals surface area (Å²) in [6, 6.07) is 2.52. The summed E-state index contributed by atoms with van der Waals surface area (Å²) in [4.78, 5) is 4.37. The van der Waals surface area contributed by atoms with Crippen LogP contribution in [0.5, 0.6) is 11.5 Å². The van der Waals surface area contributed by atoms with Gasteiger partial charge in [0.1, 0.15) is 13.2 Å². The van der Waals surface area contributed by atoms with Crippen molar-refractivity contribution < 1.29 is 9.47 Å². The van der Waals surface area contributed by atoms with E-state index < -0.39 is 0 Å². The van der Waals surface area contributed by atoms with Gasteiger partial charge in [0.25, 0.3) is 0 Å². The second kappa shape index (κ2) is 4.89. The minimum Gasteiger partial charge on any atom is -0.486 e. The highest BCUT2D eigenvalue weighted by Crippen LogP contribution is 2.29. The largest absolute Gasteiger partial charge is 0.486 e. The van der Waals surface area contributed by atoms with Gasteiger partial charge in [0, 0.05) is 25.2 Å². The molecule has 1 saturated heterocycles. The van der Waals surface area contributed by atoms with Gasteiger partial charge in [-0.05, 0) is 13.0 Å². The molecule has 0 saturated carbocycles. The van der Waals surface area contributed by atoms with Crippen LogP contribution in [0.1, 0.15) is 12.1 Å². The molecule has 1 aromatic heterocycles. The first kappa shape index (κ1) is 10.8. The molecule has 1 atom stereocenters. The van der Waals surface area contributed by atoms with E-state index in [0.29, 0.717) is 19.3 Å². The number of hydrogen-bond donors (Lipinski definition) is 2. The fraction of sp³-hybridized carbons (Fsp3) is 0.583. The Morgan fingerprint density at radius 2 is 2.24 bits per heavy atom. The van der Waals surface area contributed by atoms with Gasteiger partial charge in [0.2, 0.25) is 0 Å². The molecule has 3 rings (SSSR count). The minimum absolute atomic E-state index is 0.560. The standard InChI is InChI=1S/C12H17N3O2/c1-2-13-6-9(1)14-7-10-5-11-12(8-15-10)17-4-3-16-11/h5,8-9,13-14H,1-4,6-7H2/t9-/m1/s1. The van der Waals surface area contributed by atoms with Crippen molar-refractivity contribution in [3.63, 3.8) is 0 Å². The quantitative estimate of drug-likeness (QED) is 0.789. The van der Waals surface area contributed by atoms with Crippen LogP contribution in [0.2, 0.25) is 0 Å². The molecular weight excluding hydrogens is 218 g/mol. The van der Waals surface area contributed by atoms with Crippen LogP contribution in [-0.4, -0.2) is 37.3 Å². The summed E-state index contributed by atoms with van der Waals surface area (Å²) in [5, 5.41) is 6.81. The summed E-state index contributed by atoms with van der Waals surface area (Å²) in [5.74, 6) is 1.56. The van der Waals surface area contributed by atoms with Crippen LogP contribution in [0.4, 0.5) is 0 Å². The zero-order valence-electron chi connectivity index (χ0n) is 9.74. The first-order valence-corrected chi connectivity index (χ1v) is 6.10. The Balaban J connectivity index is 1.62. The number of nitrogens with zero attached hydrogens (tertiary/aromatic N) is 1. The summed E-state index contributed by atoms with van der Waals surface area (Å²) >= 11 is 0. The summed E-state index contributed by atoms with van der Waals surface area (Å²) in [7, 11) is 0. The molecule has 0 aromatic carbocycles. The van der Waals surface area contributed by atoms with Crippen molar-refractivity contribution in [1.82, 2.24) is 15.6 Å². The Bertz CT molecular complexity index is 391. The molecule has 0 aliphatic carbocycles. The third kappa shape index (κ3) is 2.50. The first-order chi connectivity index (χ1) is 8.42. The van der Waals surface area contributed by atoms with Gasteiger partial charge >= 0.3 is 0 Å². The first-order valence-electron chi connectivity index (χ1n) is 6.10. The summed E-state index contributed by atoms with van der Waals surface area (Å²) in [5.41, 5.74) is 1.00. The molecule has 3 heterocycles. The van der Waals surface area contributed by atoms with E-state index in [0.717, 1.165) is 36.8 Å². The molecule has 0 radical (unpaired) electrons. The lowest BCUT2D eigenvalue weighted by molar-refractivity contribution is 0.170. The number of fused-ring (bicyclic) bond motifs is 1. The molecule has 0 spiro atoms. The van der Waals surface area contributed by atoms with Crippen LogP contribution in [0, 0.1) is 0 Å². The molecule has 5 heteroatoms. The van der Waals surface area contributed by atoms with Crippen molar-refractivity contribution in [3.8, 4) is 11.5 Å². The summed E-state index contributed by atoms with van der Waals surface area (Å²) in [6.45, 7) is 4.16. The molecule has 2 aliphatic rings. The molecule has 1 aromatic rings. The maximum atomic E-state index is 5.53. The lowest BCUT2D eigenvalue weighted by atomic mass is 10.2. The second-order valence-electron chi connectivity index (χ2n) is 4.39. The lowest BCUT2D eigenvalue weighted by Gasteiger charge is -2.18. The molecular formula is C12H17N3O2. The van der Waals surface area contributed by atoms with Gasteiger partial charge < -0.3 is 20.1 Å². The smallest absolute Gasteiger partial charge is 0.179 e. The van der Waals surface area contributed by atoms with Crippen molar-refractivity contribution in [3.05, 3.63) is 18.0 Å². The van der Waals surface area contributed by atoms with E-state index in [9.17, 15) is 0 Å². The minimum atomic E-state index is 0.560. The summed E-state index contributed by atoms with van der Waals surface area (Å²) in [6.07, 6.45) is 2.93. The fourth-order valence-electron chi connectivity index (χ4n) is 2.16. The number of aromatic nitrogens is 1. The average Bonchev–Trinajstić information content (AvgIpc) is 2.89. The van der Waals surface area contributed by atoms with Gasteiger partial charge in [-0.2, -0.15) is 0 Å². The molecule has 92 valence electrons. The van der Waals surface area contributed by atoms with Gasteiger partial charge in [-0.25, -0.2) is 0 Å². The molecule has 0 bridgehead atoms. The fourth-order valence-corrected chi connectivity index (χ4v) is 2.16. The Morgan fingerprint density at radius 3 is 3.06 bits per heavy atom. The molecule has 2 aliphatic heterocycles. The maximum Gasteiger partial charge on any atom is 0.179 e. The van der Waals surface area contributed by atoms with Crippen LogP contribution in [-0.2, 0) is 6.54 Å². The van der Waals surface area contributed by atoms with Crippen LogP contribution < -0.4 is 20.1 Å². The average molecular weight is 235 g/mol. The van der Waals surface area contributed by atoms with E-state index in [2.05, 4.69) is 15.6 Å². The lowest BCUT2D eigenvalue weighted by Crippen LogP contribution is -2.30. The van der Waals surface area contributed by atoms with Crippen LogP contribution in [0.25, 0.3) is 0 Å². The van der Waals surface area contributed by atoms with Gasteiger partial charge in [0.05, 0.1) is 11.9 Å². The van der Waals surface area contributed by atoms with Crippen molar-refractivity contribution in [1.29, 1.82) is 0 Å². The maximum absolute atomic E-state index is 5.53. The number of rotatable bonds is 3. The third-order valence-electron chi connectivity index (χ3n) is 3.12. The van der Waals surface area contributed by atoms with Gasteiger partial charge in [-0.1, -0.05) is 0 Å². The van der Waals surface area contributed by atoms with Crippen LogP contribution in [0.3, 0.4) is 0 Å². The topological polar surface area (TPSA) is 55.4 Å². The predicted molar refractivity (Wildman–Crippen MR) is 63.3 cm³/mol. The molecule has 0 amide bonds. The number of nitrogens with one attached hydrogen (secondary N) is 2. The van der Waals surface area contributed by atoms with E-state index in [1.165, 1.54) is 6.42 Å². The monoisotopic (exact) mass is 235 g/mol. The van der Waals surface area contributed by atoms with E-state index >= 15 is 0 Å². The van der Waals surface area contributed by atoms with Crippen molar-refractivity contribution >= 4 is 0 Å². The Labute approximate surface area is 101 Å². The highest BCUT2D eigenvalue weighted by molar-refractivity contribution is 5.39. The van der Waals surface area contributed by atoms with Crippen molar-refractivity contribution in [2.24, 2.45) is 0 Å². The molecule has 5 nitrogen and oxygen atoms in total. The Morgan fingerprint density at radius 1 is 1.35 bits per heavy atom. The van der Waals surface area contributed by atoms with E-state index in [1.54, 1.807) is 6.20 Å². The number of ether oxygens (including phenoxy) is 2. The highest BCUT2D eigenvalue weighted by atomic mass is 16.6. The second-order valence-corrected chi connectivity index (χ2v) is 4.39. The third-order valence-corrected chi connectivity index (χ3v) is 3.12. The van der Waals surface area contributed by atoms with E-state index in [1.807, 2.05) is 6.07 Å². The molecule has 0 unspecified atom stereocenters. The number of pyridine rings is 1.